The van der Waals surface area contributed by atoms with Crippen LogP contribution in [0.2, 0.25) is 0 Å². The maximum Gasteiger partial charge on any atom is 0.224 e. The van der Waals surface area contributed by atoms with E-state index in [1.807, 2.05) is 6.07 Å². The average Bonchev–Trinajstić information content (AvgIpc) is 2.72. The van der Waals surface area contributed by atoms with Crippen LogP contribution in [-0.2, 0) is 4.79 Å². The van der Waals surface area contributed by atoms with Crippen LogP contribution < -0.4 is 28.3 Å². The Kier molecular flexibility index (Phi) is 11.3. The van der Waals surface area contributed by atoms with Gasteiger partial charge in [0.1, 0.15) is 0 Å². The number of hydrogen-bond acceptors (Lipinski definition) is 5. The molecular weight excluding hydrogens is 394 g/mol. The van der Waals surface area contributed by atoms with Gasteiger partial charge in [-0.2, -0.15) is 10.2 Å². The Bertz CT molecular complexity index is 796. The van der Waals surface area contributed by atoms with Crippen LogP contribution >= 0.6 is 0 Å². The van der Waals surface area contributed by atoms with Crippen molar-refractivity contribution < 1.29 is 4.79 Å². The maximum atomic E-state index is 12.4. The van der Waals surface area contributed by atoms with Crippen LogP contribution in [-0.4, -0.2) is 29.2 Å². The quantitative estimate of drug-likeness (QED) is 0.148. The monoisotopic (exact) mass is 429 g/mol. The third-order valence-corrected chi connectivity index (χ3v) is 4.44. The third-order valence-electron chi connectivity index (χ3n) is 4.44. The highest BCUT2D eigenvalue weighted by Gasteiger charge is 2.09. The van der Waals surface area contributed by atoms with Gasteiger partial charge in [-0.3, -0.25) is 4.79 Å². The lowest BCUT2D eigenvalue weighted by molar-refractivity contribution is -0.116. The summed E-state index contributed by atoms with van der Waals surface area (Å²) in [4.78, 5) is 12.4. The van der Waals surface area contributed by atoms with E-state index in [-0.39, 0.29) is 17.8 Å². The minimum atomic E-state index is -0.145. The summed E-state index contributed by atoms with van der Waals surface area (Å²) in [7, 11) is 0. The number of benzene rings is 1. The number of amides is 1. The molecule has 1 aromatic carbocycles. The van der Waals surface area contributed by atoms with Gasteiger partial charge in [-0.05, 0) is 38.5 Å². The molecule has 0 spiro atoms. The Hall–Kier alpha value is -3.43. The largest absolute Gasteiger partial charge is 0.369 e. The van der Waals surface area contributed by atoms with Gasteiger partial charge < -0.3 is 28.3 Å². The van der Waals surface area contributed by atoms with E-state index in [0.717, 1.165) is 30.4 Å². The molecule has 0 bridgehead atoms. The van der Waals surface area contributed by atoms with Crippen LogP contribution in [0.25, 0.3) is 0 Å². The van der Waals surface area contributed by atoms with Crippen LogP contribution in [0.1, 0.15) is 76.8 Å². The molecule has 10 nitrogen and oxygen atoms in total. The highest BCUT2D eigenvalue weighted by molar-refractivity contribution is 6.06. The molecule has 0 radical (unpaired) electrons. The van der Waals surface area contributed by atoms with Crippen molar-refractivity contribution in [1.29, 1.82) is 0 Å². The van der Waals surface area contributed by atoms with Crippen molar-refractivity contribution in [3.63, 3.8) is 0 Å². The Morgan fingerprint density at radius 1 is 0.774 bits per heavy atom. The van der Waals surface area contributed by atoms with Crippen LogP contribution in [0.15, 0.2) is 38.6 Å². The number of nitrogens with two attached hydrogens (primary N) is 4. The number of carbonyl (C=O) groups is 1. The topological polar surface area (TPSA) is 183 Å². The van der Waals surface area contributed by atoms with Crippen molar-refractivity contribution in [3.8, 4) is 0 Å². The first-order valence-electron chi connectivity index (χ1n) is 10.4. The first kappa shape index (κ1) is 25.6. The summed E-state index contributed by atoms with van der Waals surface area (Å²) in [6, 6.07) is 5.45. The van der Waals surface area contributed by atoms with Crippen molar-refractivity contribution in [2.75, 3.05) is 5.32 Å². The predicted octanol–water partition coefficient (Wildman–Crippen LogP) is 2.37. The summed E-state index contributed by atoms with van der Waals surface area (Å²) >= 11 is 0. The highest BCUT2D eigenvalue weighted by Crippen LogP contribution is 2.18. The van der Waals surface area contributed by atoms with Crippen molar-refractivity contribution >= 4 is 34.9 Å². The highest BCUT2D eigenvalue weighted by atomic mass is 16.1. The number of nitrogens with zero attached hydrogens (tertiary/aromatic N) is 4. The molecule has 0 fully saturated rings. The van der Waals surface area contributed by atoms with Gasteiger partial charge in [0.05, 0.1) is 11.4 Å². The number of nitrogens with one attached hydrogen (secondary N) is 1. The van der Waals surface area contributed by atoms with E-state index in [1.165, 1.54) is 19.3 Å². The minimum absolute atomic E-state index is 0.0452. The molecule has 0 aromatic heterocycles. The molecule has 0 aliphatic carbocycles. The Labute approximate surface area is 183 Å². The lowest BCUT2D eigenvalue weighted by Gasteiger charge is -2.11. The van der Waals surface area contributed by atoms with Gasteiger partial charge in [0, 0.05) is 23.2 Å². The van der Waals surface area contributed by atoms with E-state index in [4.69, 9.17) is 22.9 Å². The molecule has 0 saturated heterocycles. The zero-order valence-electron chi connectivity index (χ0n) is 18.7. The zero-order chi connectivity index (χ0) is 23.2. The van der Waals surface area contributed by atoms with Gasteiger partial charge in [0.15, 0.2) is 0 Å². The van der Waals surface area contributed by atoms with Crippen LogP contribution in [0.5, 0.6) is 0 Å². The van der Waals surface area contributed by atoms with E-state index in [0.29, 0.717) is 23.5 Å². The Morgan fingerprint density at radius 3 is 1.74 bits per heavy atom. The fourth-order valence-corrected chi connectivity index (χ4v) is 2.79. The smallest absolute Gasteiger partial charge is 0.224 e. The van der Waals surface area contributed by atoms with Gasteiger partial charge in [-0.1, -0.05) is 39.0 Å². The van der Waals surface area contributed by atoms with Crippen molar-refractivity contribution in [2.45, 2.75) is 65.7 Å². The van der Waals surface area contributed by atoms with Gasteiger partial charge in [-0.25, -0.2) is 0 Å². The Morgan fingerprint density at radius 2 is 1.26 bits per heavy atom. The molecule has 1 aromatic rings. The summed E-state index contributed by atoms with van der Waals surface area (Å²) in [5.41, 5.74) is 24.6. The number of guanidine groups is 2. The first-order chi connectivity index (χ1) is 14.7. The van der Waals surface area contributed by atoms with Crippen molar-refractivity contribution in [1.82, 2.24) is 0 Å². The van der Waals surface area contributed by atoms with Crippen molar-refractivity contribution in [3.05, 3.63) is 29.3 Å². The summed E-state index contributed by atoms with van der Waals surface area (Å²) in [5, 5.41) is 18.3. The summed E-state index contributed by atoms with van der Waals surface area (Å²) < 4.78 is 0. The number of unbranched alkanes of at least 4 members (excludes halogenated alkanes) is 5. The van der Waals surface area contributed by atoms with Gasteiger partial charge in [0.2, 0.25) is 17.8 Å². The maximum absolute atomic E-state index is 12.4. The molecule has 10 heteroatoms. The lowest BCUT2D eigenvalue weighted by atomic mass is 10.0. The average molecular weight is 430 g/mol. The standard InChI is InChI=1S/C21H35N9O/c1-4-5-6-7-8-9-10-19(31)26-18-12-16(14(2)27-29-20(22)23)11-17(13-18)15(3)28-30-21(24)25/h11-13H,4-10H2,1-3H3,(H,26,31)(H4,22,23,29)(H4,24,25,30)/b27-14+,28-15+. The van der Waals surface area contributed by atoms with Crippen LogP contribution in [0, 0.1) is 0 Å². The molecule has 1 rings (SSSR count). The summed E-state index contributed by atoms with van der Waals surface area (Å²) in [6.45, 7) is 5.70. The fraction of sp³-hybridized carbons (Fsp3) is 0.476. The summed E-state index contributed by atoms with van der Waals surface area (Å²) in [6.07, 6.45) is 7.19. The van der Waals surface area contributed by atoms with E-state index in [2.05, 4.69) is 32.6 Å². The number of anilines is 1. The SMILES string of the molecule is CCCCCCCCC(=O)Nc1cc(/C(C)=N/N=C(N)N)cc(/C(C)=N/N=C(N)N)c1. The number of carbonyl (C=O) groups excluding carboxylic acids is 1. The van der Waals surface area contributed by atoms with Gasteiger partial charge in [-0.15, -0.1) is 10.2 Å². The molecule has 0 unspecified atom stereocenters. The van der Waals surface area contributed by atoms with Crippen LogP contribution in [0.4, 0.5) is 5.69 Å². The molecule has 0 atom stereocenters. The number of hydrogen-bond donors (Lipinski definition) is 5. The van der Waals surface area contributed by atoms with E-state index < -0.39 is 0 Å². The van der Waals surface area contributed by atoms with Crippen LogP contribution in [0.3, 0.4) is 0 Å². The molecule has 0 aliphatic rings. The molecule has 170 valence electrons. The molecule has 9 N–H and O–H groups in total. The Balaban J connectivity index is 3.03. The molecular formula is C21H35N9O. The van der Waals surface area contributed by atoms with Gasteiger partial charge in [0.25, 0.3) is 0 Å². The van der Waals surface area contributed by atoms with Gasteiger partial charge >= 0.3 is 0 Å². The lowest BCUT2D eigenvalue weighted by Crippen LogP contribution is -2.22. The summed E-state index contributed by atoms with van der Waals surface area (Å²) in [5.74, 6) is -0.335. The molecule has 0 heterocycles. The normalized spacial score (nSPS) is 11.7. The van der Waals surface area contributed by atoms with Crippen molar-refractivity contribution in [2.24, 2.45) is 43.3 Å². The fourth-order valence-electron chi connectivity index (χ4n) is 2.79. The third kappa shape index (κ3) is 10.8. The second-order valence-corrected chi connectivity index (χ2v) is 7.29. The predicted molar refractivity (Wildman–Crippen MR) is 129 cm³/mol. The minimum Gasteiger partial charge on any atom is -0.369 e. The first-order valence-corrected chi connectivity index (χ1v) is 10.4. The second-order valence-electron chi connectivity index (χ2n) is 7.29. The molecule has 0 aliphatic heterocycles. The molecule has 0 saturated carbocycles. The second kappa shape index (κ2) is 13.7. The molecule has 1 amide bonds. The number of rotatable bonds is 12. The van der Waals surface area contributed by atoms with E-state index in [9.17, 15) is 4.79 Å². The van der Waals surface area contributed by atoms with E-state index >= 15 is 0 Å². The molecule has 31 heavy (non-hydrogen) atoms. The van der Waals surface area contributed by atoms with E-state index in [1.54, 1.807) is 26.0 Å². The zero-order valence-corrected chi connectivity index (χ0v) is 18.7.